The van der Waals surface area contributed by atoms with Gasteiger partial charge in [0.15, 0.2) is 0 Å². The van der Waals surface area contributed by atoms with E-state index in [2.05, 4.69) is 10.5 Å². The van der Waals surface area contributed by atoms with E-state index in [9.17, 15) is 4.79 Å². The molecule has 5 nitrogen and oxygen atoms in total. The highest BCUT2D eigenvalue weighted by molar-refractivity contribution is 6.03. The quantitative estimate of drug-likeness (QED) is 0.500. The van der Waals surface area contributed by atoms with Crippen LogP contribution >= 0.6 is 0 Å². The molecule has 0 aliphatic carbocycles. The maximum atomic E-state index is 12.5. The third-order valence-electron chi connectivity index (χ3n) is 4.10. The molecular formula is C22H22N2O3. The van der Waals surface area contributed by atoms with Crippen molar-refractivity contribution in [3.05, 3.63) is 71.8 Å². The summed E-state index contributed by atoms with van der Waals surface area (Å²) in [6.45, 7) is 2.57. The molecule has 0 saturated heterocycles. The number of carbonyl (C=O) groups excluding carboxylic acids is 1. The first-order valence-corrected chi connectivity index (χ1v) is 8.85. The Morgan fingerprint density at radius 2 is 1.81 bits per heavy atom. The fourth-order valence-corrected chi connectivity index (χ4v) is 2.79. The Bertz CT molecular complexity index is 967. The van der Waals surface area contributed by atoms with Crippen LogP contribution in [0, 0.1) is 0 Å². The van der Waals surface area contributed by atoms with E-state index in [1.54, 1.807) is 31.5 Å². The van der Waals surface area contributed by atoms with E-state index in [1.807, 2.05) is 49.4 Å². The Kier molecular flexibility index (Phi) is 6.05. The highest BCUT2D eigenvalue weighted by Crippen LogP contribution is 2.26. The largest absolute Gasteiger partial charge is 0.496 e. The summed E-state index contributed by atoms with van der Waals surface area (Å²) in [7, 11) is 1.61. The molecule has 0 spiro atoms. The van der Waals surface area contributed by atoms with Crippen LogP contribution in [-0.4, -0.2) is 25.8 Å². The number of para-hydroxylation sites is 1. The third kappa shape index (κ3) is 4.26. The predicted molar refractivity (Wildman–Crippen MR) is 108 cm³/mol. The SMILES string of the molecule is CCCOc1ccccc1C(=O)N/N=C/c1c(OC)ccc2ccccc12. The molecule has 3 rings (SSSR count). The molecule has 1 amide bonds. The Morgan fingerprint density at radius 3 is 2.63 bits per heavy atom. The van der Waals surface area contributed by atoms with Gasteiger partial charge in [-0.15, -0.1) is 0 Å². The number of hydrazone groups is 1. The van der Waals surface area contributed by atoms with Crippen molar-refractivity contribution in [2.75, 3.05) is 13.7 Å². The summed E-state index contributed by atoms with van der Waals surface area (Å²) < 4.78 is 11.1. The molecule has 0 saturated carbocycles. The van der Waals surface area contributed by atoms with Gasteiger partial charge in [-0.1, -0.05) is 49.4 Å². The first-order chi connectivity index (χ1) is 13.2. The second-order valence-corrected chi connectivity index (χ2v) is 5.95. The molecule has 3 aromatic rings. The summed E-state index contributed by atoms with van der Waals surface area (Å²) in [4.78, 5) is 12.5. The number of hydrogen-bond acceptors (Lipinski definition) is 4. The summed E-state index contributed by atoms with van der Waals surface area (Å²) in [5.41, 5.74) is 3.84. The Balaban J connectivity index is 1.82. The molecule has 0 aromatic heterocycles. The fourth-order valence-electron chi connectivity index (χ4n) is 2.79. The van der Waals surface area contributed by atoms with Crippen molar-refractivity contribution in [3.63, 3.8) is 0 Å². The molecule has 5 heteroatoms. The number of benzene rings is 3. The van der Waals surface area contributed by atoms with Gasteiger partial charge in [-0.05, 0) is 35.4 Å². The van der Waals surface area contributed by atoms with Crippen LogP contribution in [0.4, 0.5) is 0 Å². The number of fused-ring (bicyclic) bond motifs is 1. The molecule has 0 heterocycles. The molecule has 0 unspecified atom stereocenters. The van der Waals surface area contributed by atoms with Gasteiger partial charge in [0, 0.05) is 5.56 Å². The zero-order valence-corrected chi connectivity index (χ0v) is 15.4. The lowest BCUT2D eigenvalue weighted by Gasteiger charge is -2.10. The monoisotopic (exact) mass is 362 g/mol. The minimum absolute atomic E-state index is 0.322. The summed E-state index contributed by atoms with van der Waals surface area (Å²) >= 11 is 0. The molecule has 0 atom stereocenters. The number of nitrogens with one attached hydrogen (secondary N) is 1. The number of nitrogens with zero attached hydrogens (tertiary/aromatic N) is 1. The van der Waals surface area contributed by atoms with E-state index in [1.165, 1.54) is 0 Å². The van der Waals surface area contributed by atoms with E-state index in [4.69, 9.17) is 9.47 Å². The lowest BCUT2D eigenvalue weighted by Crippen LogP contribution is -2.19. The van der Waals surface area contributed by atoms with Gasteiger partial charge in [0.1, 0.15) is 11.5 Å². The molecule has 0 aliphatic rings. The van der Waals surface area contributed by atoms with Crippen LogP contribution < -0.4 is 14.9 Å². The predicted octanol–water partition coefficient (Wildman–Crippen LogP) is 4.40. The van der Waals surface area contributed by atoms with Gasteiger partial charge in [-0.3, -0.25) is 4.79 Å². The maximum Gasteiger partial charge on any atom is 0.275 e. The number of carbonyl (C=O) groups is 1. The van der Waals surface area contributed by atoms with E-state index in [0.29, 0.717) is 23.7 Å². The van der Waals surface area contributed by atoms with E-state index in [-0.39, 0.29) is 5.91 Å². The maximum absolute atomic E-state index is 12.5. The molecule has 138 valence electrons. The first-order valence-electron chi connectivity index (χ1n) is 8.85. The van der Waals surface area contributed by atoms with Crippen LogP contribution in [0.25, 0.3) is 10.8 Å². The van der Waals surface area contributed by atoms with Crippen molar-refractivity contribution in [1.29, 1.82) is 0 Å². The minimum Gasteiger partial charge on any atom is -0.496 e. The van der Waals surface area contributed by atoms with Crippen molar-refractivity contribution in [3.8, 4) is 11.5 Å². The number of methoxy groups -OCH3 is 1. The van der Waals surface area contributed by atoms with Gasteiger partial charge in [0.2, 0.25) is 0 Å². The summed E-state index contributed by atoms with van der Waals surface area (Å²) in [5.74, 6) is 0.922. The Hall–Kier alpha value is -3.34. The van der Waals surface area contributed by atoms with Gasteiger partial charge in [-0.2, -0.15) is 5.10 Å². The fraction of sp³-hybridized carbons (Fsp3) is 0.182. The molecule has 27 heavy (non-hydrogen) atoms. The highest BCUT2D eigenvalue weighted by atomic mass is 16.5. The van der Waals surface area contributed by atoms with Crippen LogP contribution in [0.5, 0.6) is 11.5 Å². The molecule has 0 aliphatic heterocycles. The van der Waals surface area contributed by atoms with Crippen LogP contribution in [0.2, 0.25) is 0 Å². The van der Waals surface area contributed by atoms with Gasteiger partial charge in [0.05, 0.1) is 25.5 Å². The second kappa shape index (κ2) is 8.85. The van der Waals surface area contributed by atoms with Gasteiger partial charge >= 0.3 is 0 Å². The third-order valence-corrected chi connectivity index (χ3v) is 4.10. The van der Waals surface area contributed by atoms with Gasteiger partial charge < -0.3 is 9.47 Å². The summed E-state index contributed by atoms with van der Waals surface area (Å²) in [6, 6.07) is 19.0. The van der Waals surface area contributed by atoms with Gasteiger partial charge in [-0.25, -0.2) is 5.43 Å². The molecule has 0 radical (unpaired) electrons. The van der Waals surface area contributed by atoms with Crippen LogP contribution in [0.15, 0.2) is 65.8 Å². The van der Waals surface area contributed by atoms with Crippen LogP contribution in [0.1, 0.15) is 29.3 Å². The number of amides is 1. The molecule has 0 fully saturated rings. The van der Waals surface area contributed by atoms with E-state index >= 15 is 0 Å². The molecule has 3 aromatic carbocycles. The van der Waals surface area contributed by atoms with E-state index < -0.39 is 0 Å². The standard InChI is InChI=1S/C22H22N2O3/c1-3-14-27-21-11-7-6-10-18(21)22(25)24-23-15-19-17-9-5-4-8-16(17)12-13-20(19)26-2/h4-13,15H,3,14H2,1-2H3,(H,24,25)/b23-15+. The van der Waals surface area contributed by atoms with Crippen molar-refractivity contribution < 1.29 is 14.3 Å². The highest BCUT2D eigenvalue weighted by Gasteiger charge is 2.11. The zero-order valence-electron chi connectivity index (χ0n) is 15.4. The smallest absolute Gasteiger partial charge is 0.275 e. The minimum atomic E-state index is -0.322. The Morgan fingerprint density at radius 1 is 1.04 bits per heavy atom. The summed E-state index contributed by atoms with van der Waals surface area (Å²) in [5, 5.41) is 6.21. The topological polar surface area (TPSA) is 59.9 Å². The van der Waals surface area contributed by atoms with Crippen molar-refractivity contribution in [2.45, 2.75) is 13.3 Å². The normalized spacial score (nSPS) is 10.9. The van der Waals surface area contributed by atoms with Crippen molar-refractivity contribution in [2.24, 2.45) is 5.10 Å². The summed E-state index contributed by atoms with van der Waals surface area (Å²) in [6.07, 6.45) is 2.48. The Labute approximate surface area is 158 Å². The lowest BCUT2D eigenvalue weighted by molar-refractivity contribution is 0.0951. The van der Waals surface area contributed by atoms with Gasteiger partial charge in [0.25, 0.3) is 5.91 Å². The van der Waals surface area contributed by atoms with Crippen molar-refractivity contribution in [1.82, 2.24) is 5.43 Å². The first kappa shape index (κ1) is 18.5. The number of ether oxygens (including phenoxy) is 2. The average molecular weight is 362 g/mol. The molecule has 1 N–H and O–H groups in total. The lowest BCUT2D eigenvalue weighted by atomic mass is 10.0. The van der Waals surface area contributed by atoms with Crippen LogP contribution in [0.3, 0.4) is 0 Å². The molecule has 0 bridgehead atoms. The number of rotatable bonds is 7. The zero-order chi connectivity index (χ0) is 19.1. The second-order valence-electron chi connectivity index (χ2n) is 5.95. The molecular weight excluding hydrogens is 340 g/mol. The van der Waals surface area contributed by atoms with E-state index in [0.717, 1.165) is 22.8 Å². The number of hydrogen-bond donors (Lipinski definition) is 1. The van der Waals surface area contributed by atoms with Crippen LogP contribution in [-0.2, 0) is 0 Å². The average Bonchev–Trinajstić information content (AvgIpc) is 2.72. The van der Waals surface area contributed by atoms with Crippen molar-refractivity contribution >= 4 is 22.9 Å².